The van der Waals surface area contributed by atoms with Crippen LogP contribution in [-0.2, 0) is 19.2 Å². The molecule has 4 N–H and O–H groups in total. The van der Waals surface area contributed by atoms with E-state index in [0.717, 1.165) is 6.42 Å². The van der Waals surface area contributed by atoms with Gasteiger partial charge in [0, 0.05) is 12.5 Å². The van der Waals surface area contributed by atoms with Gasteiger partial charge in [-0.25, -0.2) is 0 Å². The van der Waals surface area contributed by atoms with Crippen molar-refractivity contribution in [2.24, 2.45) is 17.6 Å². The SMILES string of the molecule is CC(C)CC(C)C(=O)NCC(=O)N1CCCC1C(=O)NC(C)C(N)=O. The molecule has 0 aliphatic carbocycles. The maximum atomic E-state index is 12.4. The van der Waals surface area contributed by atoms with Crippen LogP contribution in [-0.4, -0.2) is 53.7 Å². The molecule has 1 rings (SSSR count). The predicted octanol–water partition coefficient (Wildman–Crippen LogP) is -0.234. The predicted molar refractivity (Wildman–Crippen MR) is 93.2 cm³/mol. The molecule has 0 aromatic carbocycles. The molecule has 4 amide bonds. The van der Waals surface area contributed by atoms with E-state index in [2.05, 4.69) is 10.6 Å². The Labute approximate surface area is 148 Å². The lowest BCUT2D eigenvalue weighted by Gasteiger charge is -2.25. The maximum Gasteiger partial charge on any atom is 0.243 e. The fourth-order valence-electron chi connectivity index (χ4n) is 2.97. The van der Waals surface area contributed by atoms with Crippen molar-refractivity contribution in [2.75, 3.05) is 13.1 Å². The molecular formula is C17H30N4O4. The number of amides is 4. The molecule has 1 aliphatic heterocycles. The van der Waals surface area contributed by atoms with Gasteiger partial charge in [-0.15, -0.1) is 0 Å². The largest absolute Gasteiger partial charge is 0.368 e. The van der Waals surface area contributed by atoms with Crippen LogP contribution in [0, 0.1) is 11.8 Å². The van der Waals surface area contributed by atoms with Crippen LogP contribution < -0.4 is 16.4 Å². The van der Waals surface area contributed by atoms with Crippen LogP contribution in [0.25, 0.3) is 0 Å². The first-order chi connectivity index (χ1) is 11.6. The fourth-order valence-corrected chi connectivity index (χ4v) is 2.97. The monoisotopic (exact) mass is 354 g/mol. The third kappa shape index (κ3) is 6.36. The topological polar surface area (TPSA) is 122 Å². The molecular weight excluding hydrogens is 324 g/mol. The number of nitrogens with zero attached hydrogens (tertiary/aromatic N) is 1. The summed E-state index contributed by atoms with van der Waals surface area (Å²) in [4.78, 5) is 49.1. The molecule has 0 aromatic rings. The third-order valence-corrected chi connectivity index (χ3v) is 4.35. The van der Waals surface area contributed by atoms with Gasteiger partial charge in [0.2, 0.25) is 23.6 Å². The van der Waals surface area contributed by atoms with E-state index in [4.69, 9.17) is 5.73 Å². The number of nitrogens with two attached hydrogens (primary N) is 1. The highest BCUT2D eigenvalue weighted by atomic mass is 16.2. The second kappa shape index (κ2) is 9.39. The van der Waals surface area contributed by atoms with Gasteiger partial charge in [0.25, 0.3) is 0 Å². The van der Waals surface area contributed by atoms with Crippen molar-refractivity contribution in [3.05, 3.63) is 0 Å². The summed E-state index contributed by atoms with van der Waals surface area (Å²) in [6, 6.07) is -1.42. The van der Waals surface area contributed by atoms with E-state index in [9.17, 15) is 19.2 Å². The van der Waals surface area contributed by atoms with Gasteiger partial charge in [0.1, 0.15) is 12.1 Å². The summed E-state index contributed by atoms with van der Waals surface area (Å²) in [6.45, 7) is 7.73. The summed E-state index contributed by atoms with van der Waals surface area (Å²) in [5.41, 5.74) is 5.14. The van der Waals surface area contributed by atoms with Crippen molar-refractivity contribution in [3.8, 4) is 0 Å². The Hall–Kier alpha value is -2.12. The number of carbonyl (C=O) groups excluding carboxylic acids is 4. The molecule has 8 heteroatoms. The molecule has 25 heavy (non-hydrogen) atoms. The highest BCUT2D eigenvalue weighted by Gasteiger charge is 2.35. The summed E-state index contributed by atoms with van der Waals surface area (Å²) < 4.78 is 0. The van der Waals surface area contributed by atoms with E-state index in [1.165, 1.54) is 11.8 Å². The van der Waals surface area contributed by atoms with E-state index < -0.39 is 23.9 Å². The molecule has 1 fully saturated rings. The Balaban J connectivity index is 2.55. The molecule has 3 atom stereocenters. The van der Waals surface area contributed by atoms with Gasteiger partial charge >= 0.3 is 0 Å². The number of likely N-dealkylation sites (tertiary alicyclic amines) is 1. The zero-order valence-electron chi connectivity index (χ0n) is 15.5. The summed E-state index contributed by atoms with van der Waals surface area (Å²) in [5.74, 6) is -1.25. The molecule has 0 saturated carbocycles. The molecule has 0 aromatic heterocycles. The van der Waals surface area contributed by atoms with Crippen molar-refractivity contribution in [1.82, 2.24) is 15.5 Å². The number of hydrogen-bond donors (Lipinski definition) is 3. The Morgan fingerprint density at radius 2 is 1.80 bits per heavy atom. The normalized spacial score (nSPS) is 19.4. The molecule has 8 nitrogen and oxygen atoms in total. The standard InChI is InChI=1S/C17H30N4O4/c1-10(2)8-11(3)16(24)19-9-14(22)21-7-5-6-13(21)17(25)20-12(4)15(18)23/h10-13H,5-9H2,1-4H3,(H2,18,23)(H,19,24)(H,20,25). The Morgan fingerprint density at radius 3 is 2.36 bits per heavy atom. The van der Waals surface area contributed by atoms with Crippen LogP contribution in [0.1, 0.15) is 47.0 Å². The van der Waals surface area contributed by atoms with Gasteiger partial charge in [0.15, 0.2) is 0 Å². The molecule has 1 aliphatic rings. The molecule has 3 unspecified atom stereocenters. The van der Waals surface area contributed by atoms with Gasteiger partial charge in [-0.3, -0.25) is 19.2 Å². The Kier molecular flexibility index (Phi) is 7.86. The molecule has 1 saturated heterocycles. The van der Waals surface area contributed by atoms with Crippen LogP contribution in [0.3, 0.4) is 0 Å². The molecule has 0 bridgehead atoms. The Bertz CT molecular complexity index is 521. The second-order valence-electron chi connectivity index (χ2n) is 7.13. The lowest BCUT2D eigenvalue weighted by atomic mass is 9.98. The first-order valence-electron chi connectivity index (χ1n) is 8.80. The lowest BCUT2D eigenvalue weighted by Crippen LogP contribution is -2.52. The van der Waals surface area contributed by atoms with Gasteiger partial charge in [-0.1, -0.05) is 20.8 Å². The zero-order chi connectivity index (χ0) is 19.1. The van der Waals surface area contributed by atoms with Crippen LogP contribution >= 0.6 is 0 Å². The highest BCUT2D eigenvalue weighted by molar-refractivity contribution is 5.93. The van der Waals surface area contributed by atoms with Crippen LogP contribution in [0.4, 0.5) is 0 Å². The highest BCUT2D eigenvalue weighted by Crippen LogP contribution is 2.18. The minimum absolute atomic E-state index is 0.129. The Morgan fingerprint density at radius 1 is 1.16 bits per heavy atom. The summed E-state index contributed by atoms with van der Waals surface area (Å²) >= 11 is 0. The van der Waals surface area contributed by atoms with Crippen molar-refractivity contribution in [3.63, 3.8) is 0 Å². The van der Waals surface area contributed by atoms with Crippen molar-refractivity contribution >= 4 is 23.6 Å². The number of hydrogen-bond acceptors (Lipinski definition) is 4. The molecule has 1 heterocycles. The van der Waals surface area contributed by atoms with E-state index in [1.54, 1.807) is 0 Å². The lowest BCUT2D eigenvalue weighted by molar-refractivity contribution is -0.139. The maximum absolute atomic E-state index is 12.4. The first kappa shape index (κ1) is 20.9. The van der Waals surface area contributed by atoms with E-state index in [0.29, 0.717) is 25.3 Å². The van der Waals surface area contributed by atoms with Gasteiger partial charge in [-0.2, -0.15) is 0 Å². The average molecular weight is 354 g/mol. The second-order valence-corrected chi connectivity index (χ2v) is 7.13. The van der Waals surface area contributed by atoms with Crippen LogP contribution in [0.15, 0.2) is 0 Å². The van der Waals surface area contributed by atoms with Crippen molar-refractivity contribution in [1.29, 1.82) is 0 Å². The van der Waals surface area contributed by atoms with Gasteiger partial charge < -0.3 is 21.3 Å². The average Bonchev–Trinajstić information content (AvgIpc) is 3.00. The smallest absolute Gasteiger partial charge is 0.243 e. The fraction of sp³-hybridized carbons (Fsp3) is 0.765. The van der Waals surface area contributed by atoms with E-state index in [1.807, 2.05) is 20.8 Å². The van der Waals surface area contributed by atoms with Crippen molar-refractivity contribution < 1.29 is 19.2 Å². The summed E-state index contributed by atoms with van der Waals surface area (Å²) in [5, 5.41) is 5.16. The van der Waals surface area contributed by atoms with Crippen LogP contribution in [0.5, 0.6) is 0 Å². The number of carbonyl (C=O) groups is 4. The molecule has 0 radical (unpaired) electrons. The summed E-state index contributed by atoms with van der Waals surface area (Å²) in [7, 11) is 0. The minimum Gasteiger partial charge on any atom is -0.368 e. The summed E-state index contributed by atoms with van der Waals surface area (Å²) in [6.07, 6.45) is 1.98. The van der Waals surface area contributed by atoms with Gasteiger partial charge in [0.05, 0.1) is 6.54 Å². The molecule has 0 spiro atoms. The van der Waals surface area contributed by atoms with Gasteiger partial charge in [-0.05, 0) is 32.1 Å². The molecule has 142 valence electrons. The zero-order valence-corrected chi connectivity index (χ0v) is 15.5. The van der Waals surface area contributed by atoms with E-state index in [-0.39, 0.29) is 24.3 Å². The number of rotatable bonds is 8. The minimum atomic E-state index is -0.790. The van der Waals surface area contributed by atoms with Crippen molar-refractivity contribution in [2.45, 2.75) is 59.0 Å². The van der Waals surface area contributed by atoms with Crippen LogP contribution in [0.2, 0.25) is 0 Å². The van der Waals surface area contributed by atoms with E-state index >= 15 is 0 Å². The quantitative estimate of drug-likeness (QED) is 0.557. The number of nitrogens with one attached hydrogen (secondary N) is 2. The number of primary amides is 1. The third-order valence-electron chi connectivity index (χ3n) is 4.35. The first-order valence-corrected chi connectivity index (χ1v) is 8.80.